The zero-order valence-corrected chi connectivity index (χ0v) is 23.4. The average molecular weight is 563 g/mol. The van der Waals surface area contributed by atoms with E-state index >= 15 is 0 Å². The Bertz CT molecular complexity index is 1570. The number of aliphatic hydroxyl groups excluding tert-OH is 2. The van der Waals surface area contributed by atoms with Crippen LogP contribution in [0, 0.1) is 16.7 Å². The van der Waals surface area contributed by atoms with Crippen molar-refractivity contribution in [3.8, 4) is 11.8 Å². The van der Waals surface area contributed by atoms with Gasteiger partial charge in [-0.3, -0.25) is 19.3 Å². The Morgan fingerprint density at radius 3 is 2.32 bits per heavy atom. The molecule has 1 aromatic carbocycles. The minimum absolute atomic E-state index is 0.00294. The van der Waals surface area contributed by atoms with Gasteiger partial charge in [0.15, 0.2) is 17.0 Å². The number of benzene rings is 1. The molecule has 1 fully saturated rings. The van der Waals surface area contributed by atoms with Crippen LogP contribution in [0.2, 0.25) is 0 Å². The zero-order valence-electron chi connectivity index (χ0n) is 23.4. The predicted octanol–water partition coefficient (Wildman–Crippen LogP) is 0.405. The second-order valence-electron chi connectivity index (χ2n) is 12.0. The van der Waals surface area contributed by atoms with Crippen LogP contribution in [0.15, 0.2) is 35.1 Å². The first-order chi connectivity index (χ1) is 19.1. The van der Waals surface area contributed by atoms with Crippen molar-refractivity contribution in [2.75, 3.05) is 33.1 Å². The van der Waals surface area contributed by atoms with Gasteiger partial charge in [0.2, 0.25) is 0 Å². The van der Waals surface area contributed by atoms with Crippen molar-refractivity contribution < 1.29 is 29.7 Å². The maximum atomic E-state index is 14.5. The SMILES string of the molecule is CN(C)c1cc(C2C=CCC2)c(O)c2c1C[C@@]1(N)C[C@@]3(N)[C@H](N(C)C)C(=O)C(C(N)=O)=C(O)[C@@]3(C#N)C(=O)C1=C2O. The summed E-state index contributed by atoms with van der Waals surface area (Å²) in [4.78, 5) is 43.5. The van der Waals surface area contributed by atoms with Crippen molar-refractivity contribution >= 4 is 28.9 Å². The van der Waals surface area contributed by atoms with Gasteiger partial charge < -0.3 is 37.4 Å². The normalized spacial score (nSPS) is 32.5. The Balaban J connectivity index is 1.87. The number of Topliss-reactive ketones (excluding diaryl/α,β-unsaturated/α-hetero) is 2. The number of fused-ring (bicyclic) bond motifs is 3. The lowest BCUT2D eigenvalue weighted by atomic mass is 9.47. The highest BCUT2D eigenvalue weighted by molar-refractivity contribution is 6.25. The molecule has 0 saturated heterocycles. The standard InChI is InChI=1S/C29H34N6O6/c1-34(2)16-9-14(13-7-5-6-8-13)20(36)17-15(16)10-27(32)11-29(33)23(35(3)4)22(38)18(26(31)41)24(39)28(29,12-30)25(40)19(27)21(17)37/h5,7,9,13,23,36-37,39H,6,8,10-11,32-33H2,1-4H3,(H2,31,41)/t13?,23-,27-,28+,29-/m1/s1. The average Bonchev–Trinajstić information content (AvgIpc) is 3.37. The van der Waals surface area contributed by atoms with Gasteiger partial charge in [0.1, 0.15) is 22.8 Å². The zero-order chi connectivity index (χ0) is 30.4. The van der Waals surface area contributed by atoms with Gasteiger partial charge in [0.25, 0.3) is 5.91 Å². The molecule has 0 aromatic heterocycles. The third-order valence-electron chi connectivity index (χ3n) is 9.15. The molecule has 12 heteroatoms. The van der Waals surface area contributed by atoms with Crippen LogP contribution in [0.5, 0.6) is 5.75 Å². The first kappa shape index (κ1) is 28.4. The van der Waals surface area contributed by atoms with E-state index in [1.165, 1.54) is 19.0 Å². The van der Waals surface area contributed by atoms with Gasteiger partial charge >= 0.3 is 0 Å². The lowest BCUT2D eigenvalue weighted by Gasteiger charge is -2.58. The Kier molecular flexibility index (Phi) is 6.16. The van der Waals surface area contributed by atoms with Crippen molar-refractivity contribution in [3.63, 3.8) is 0 Å². The van der Waals surface area contributed by atoms with Crippen LogP contribution in [-0.2, 0) is 20.8 Å². The number of amides is 1. The van der Waals surface area contributed by atoms with Crippen molar-refractivity contribution in [3.05, 3.63) is 51.8 Å². The molecule has 12 nitrogen and oxygen atoms in total. The summed E-state index contributed by atoms with van der Waals surface area (Å²) in [5.74, 6) is -5.60. The van der Waals surface area contributed by atoms with Gasteiger partial charge in [0.05, 0.1) is 34.3 Å². The van der Waals surface area contributed by atoms with Crippen LogP contribution in [-0.4, -0.2) is 83.0 Å². The summed E-state index contributed by atoms with van der Waals surface area (Å²) >= 11 is 0. The fourth-order valence-electron chi connectivity index (χ4n) is 7.47. The molecule has 41 heavy (non-hydrogen) atoms. The van der Waals surface area contributed by atoms with E-state index in [-0.39, 0.29) is 23.7 Å². The number of carbonyl (C=O) groups is 3. The molecule has 4 aliphatic carbocycles. The predicted molar refractivity (Wildman–Crippen MR) is 150 cm³/mol. The molecule has 1 unspecified atom stereocenters. The number of ketones is 2. The van der Waals surface area contributed by atoms with E-state index < -0.39 is 69.1 Å². The maximum absolute atomic E-state index is 14.5. The second kappa shape index (κ2) is 8.91. The number of likely N-dealkylation sites (N-methyl/N-ethyl adjacent to an activating group) is 1. The minimum Gasteiger partial charge on any atom is -0.509 e. The quantitative estimate of drug-likeness (QED) is 0.218. The van der Waals surface area contributed by atoms with Crippen molar-refractivity contribution in [2.45, 2.75) is 48.7 Å². The number of phenols is 1. The molecule has 1 saturated carbocycles. The molecule has 0 spiro atoms. The van der Waals surface area contributed by atoms with E-state index in [0.717, 1.165) is 12.8 Å². The summed E-state index contributed by atoms with van der Waals surface area (Å²) in [6, 6.07) is 2.18. The van der Waals surface area contributed by atoms with Gasteiger partial charge in [-0.25, -0.2) is 0 Å². The van der Waals surface area contributed by atoms with E-state index in [2.05, 4.69) is 0 Å². The number of allylic oxidation sites excluding steroid dienone is 2. The number of carbonyl (C=O) groups excluding carboxylic acids is 3. The number of nitriles is 1. The number of aliphatic hydroxyl groups is 2. The van der Waals surface area contributed by atoms with Gasteiger partial charge in [-0.05, 0) is 51.4 Å². The fourth-order valence-corrected chi connectivity index (χ4v) is 7.47. The molecule has 0 bridgehead atoms. The summed E-state index contributed by atoms with van der Waals surface area (Å²) < 4.78 is 0. The van der Waals surface area contributed by atoms with Crippen molar-refractivity contribution in [1.82, 2.24) is 4.90 Å². The largest absolute Gasteiger partial charge is 0.509 e. The number of nitrogens with zero attached hydrogens (tertiary/aromatic N) is 3. The topological polar surface area (TPSA) is 220 Å². The van der Waals surface area contributed by atoms with Gasteiger partial charge in [-0.2, -0.15) is 5.26 Å². The Hall–Kier alpha value is -4.18. The number of anilines is 1. The van der Waals surface area contributed by atoms with Crippen LogP contribution in [0.4, 0.5) is 5.69 Å². The number of hydrogen-bond acceptors (Lipinski definition) is 11. The molecule has 0 heterocycles. The summed E-state index contributed by atoms with van der Waals surface area (Å²) in [5, 5.41) is 45.1. The molecular formula is C29H34N6O6. The summed E-state index contributed by atoms with van der Waals surface area (Å²) in [6.45, 7) is 0. The lowest BCUT2D eigenvalue weighted by molar-refractivity contribution is -0.139. The first-order valence-electron chi connectivity index (χ1n) is 13.2. The van der Waals surface area contributed by atoms with E-state index in [0.29, 0.717) is 16.8 Å². The van der Waals surface area contributed by atoms with Gasteiger partial charge in [-0.15, -0.1) is 0 Å². The monoisotopic (exact) mass is 562 g/mol. The van der Waals surface area contributed by atoms with Crippen LogP contribution >= 0.6 is 0 Å². The Morgan fingerprint density at radius 2 is 1.80 bits per heavy atom. The van der Waals surface area contributed by atoms with Crippen molar-refractivity contribution in [2.24, 2.45) is 22.6 Å². The molecule has 216 valence electrons. The number of hydrogen-bond donors (Lipinski definition) is 6. The van der Waals surface area contributed by atoms with Crippen LogP contribution in [0.25, 0.3) is 5.76 Å². The molecular weight excluding hydrogens is 528 g/mol. The van der Waals surface area contributed by atoms with Gasteiger partial charge in [0, 0.05) is 31.3 Å². The van der Waals surface area contributed by atoms with E-state index in [9.17, 15) is 35.0 Å². The number of rotatable bonds is 4. The molecule has 0 aliphatic heterocycles. The van der Waals surface area contributed by atoms with E-state index in [1.54, 1.807) is 20.2 Å². The fraction of sp³-hybridized carbons (Fsp3) is 0.448. The summed E-state index contributed by atoms with van der Waals surface area (Å²) in [7, 11) is 6.56. The highest BCUT2D eigenvalue weighted by atomic mass is 16.3. The van der Waals surface area contributed by atoms with E-state index in [1.807, 2.05) is 23.1 Å². The molecule has 1 aromatic rings. The molecule has 5 atom stereocenters. The van der Waals surface area contributed by atoms with Crippen molar-refractivity contribution in [1.29, 1.82) is 5.26 Å². The number of primary amides is 1. The second-order valence-corrected chi connectivity index (χ2v) is 12.0. The number of phenolic OH excluding ortho intramolecular Hbond substituents is 1. The number of nitrogens with two attached hydrogens (primary N) is 3. The van der Waals surface area contributed by atoms with Crippen LogP contribution in [0.3, 0.4) is 0 Å². The summed E-state index contributed by atoms with van der Waals surface area (Å²) in [5.41, 5.74) is 13.1. The minimum atomic E-state index is -2.68. The maximum Gasteiger partial charge on any atom is 0.255 e. The third kappa shape index (κ3) is 3.40. The smallest absolute Gasteiger partial charge is 0.255 e. The summed E-state index contributed by atoms with van der Waals surface area (Å²) in [6.07, 6.45) is 5.04. The Morgan fingerprint density at radius 1 is 1.15 bits per heavy atom. The molecule has 0 radical (unpaired) electrons. The van der Waals surface area contributed by atoms with E-state index in [4.69, 9.17) is 17.2 Å². The Labute approximate surface area is 237 Å². The molecule has 4 aliphatic rings. The van der Waals surface area contributed by atoms with Gasteiger partial charge in [-0.1, -0.05) is 12.2 Å². The molecule has 9 N–H and O–H groups in total. The molecule has 1 amide bonds. The van der Waals surface area contributed by atoms with Crippen LogP contribution < -0.4 is 22.1 Å². The number of aromatic hydroxyl groups is 1. The first-order valence-corrected chi connectivity index (χ1v) is 13.2. The lowest BCUT2D eigenvalue weighted by Crippen LogP contribution is -2.80. The van der Waals surface area contributed by atoms with Crippen LogP contribution in [0.1, 0.15) is 41.9 Å². The molecule has 5 rings (SSSR count). The highest BCUT2D eigenvalue weighted by Crippen LogP contribution is 2.59. The highest BCUT2D eigenvalue weighted by Gasteiger charge is 2.74. The third-order valence-corrected chi connectivity index (χ3v) is 9.15.